The number of anilines is 1. The molecule has 112 valence electrons. The molecule has 0 radical (unpaired) electrons. The summed E-state index contributed by atoms with van der Waals surface area (Å²) in [4.78, 5) is 20.7. The molecule has 21 heavy (non-hydrogen) atoms. The zero-order valence-electron chi connectivity index (χ0n) is 12.8. The van der Waals surface area contributed by atoms with Crippen LogP contribution in [-0.4, -0.2) is 22.4 Å². The minimum Gasteiger partial charge on any atom is -0.444 e. The van der Waals surface area contributed by atoms with Gasteiger partial charge in [-0.2, -0.15) is 0 Å². The van der Waals surface area contributed by atoms with E-state index in [-0.39, 0.29) is 12.5 Å². The molecule has 0 bridgehead atoms. The molecule has 0 spiro atoms. The molecule has 2 heterocycles. The van der Waals surface area contributed by atoms with Crippen LogP contribution in [0.15, 0.2) is 16.7 Å². The highest BCUT2D eigenvalue weighted by molar-refractivity contribution is 5.99. The number of pyridine rings is 1. The van der Waals surface area contributed by atoms with Gasteiger partial charge >= 0.3 is 0 Å². The molecular formula is C15H20N4O2. The molecule has 0 unspecified atom stereocenters. The first kappa shape index (κ1) is 15.0. The smallest absolute Gasteiger partial charge is 0.255 e. The number of nitrogens with one attached hydrogen (secondary N) is 2. The summed E-state index contributed by atoms with van der Waals surface area (Å²) in [7, 11) is 0. The number of rotatable bonds is 5. The minimum atomic E-state index is -0.202. The third-order valence-electron chi connectivity index (χ3n) is 3.13. The Bertz CT molecular complexity index is 630. The fraction of sp³-hybridized carbons (Fsp3) is 0.400. The van der Waals surface area contributed by atoms with Crippen LogP contribution in [0.2, 0.25) is 0 Å². The lowest BCUT2D eigenvalue weighted by Gasteiger charge is -2.10. The standard InChI is InChI=1S/C15H20N4O2/c1-5-16-13-6-9(2)17-7-12(13)15(20)18-8-14-19-10(3)11(4)21-14/h6-7H,5,8H2,1-4H3,(H,16,17)(H,18,20). The van der Waals surface area contributed by atoms with Crippen LogP contribution in [0.5, 0.6) is 0 Å². The fourth-order valence-electron chi connectivity index (χ4n) is 1.94. The van der Waals surface area contributed by atoms with E-state index in [9.17, 15) is 4.79 Å². The zero-order chi connectivity index (χ0) is 15.4. The van der Waals surface area contributed by atoms with Crippen LogP contribution < -0.4 is 10.6 Å². The van der Waals surface area contributed by atoms with Crippen LogP contribution >= 0.6 is 0 Å². The first-order valence-corrected chi connectivity index (χ1v) is 6.93. The van der Waals surface area contributed by atoms with Gasteiger partial charge in [0.1, 0.15) is 5.76 Å². The highest BCUT2D eigenvalue weighted by Gasteiger charge is 2.13. The summed E-state index contributed by atoms with van der Waals surface area (Å²) in [6, 6.07) is 1.86. The Morgan fingerprint density at radius 1 is 1.33 bits per heavy atom. The van der Waals surface area contributed by atoms with Crippen molar-refractivity contribution in [2.24, 2.45) is 0 Å². The number of aryl methyl sites for hydroxylation is 3. The van der Waals surface area contributed by atoms with Crippen LogP contribution in [0.3, 0.4) is 0 Å². The van der Waals surface area contributed by atoms with Crippen molar-refractivity contribution < 1.29 is 9.21 Å². The Hall–Kier alpha value is -2.37. The number of amides is 1. The summed E-state index contributed by atoms with van der Waals surface area (Å²) in [5.41, 5.74) is 3.00. The molecule has 6 heteroatoms. The van der Waals surface area contributed by atoms with Crippen molar-refractivity contribution in [3.63, 3.8) is 0 Å². The second-order valence-electron chi connectivity index (χ2n) is 4.83. The van der Waals surface area contributed by atoms with Gasteiger partial charge in [0.05, 0.1) is 23.5 Å². The molecule has 0 aliphatic carbocycles. The Morgan fingerprint density at radius 3 is 2.71 bits per heavy atom. The third-order valence-corrected chi connectivity index (χ3v) is 3.13. The summed E-state index contributed by atoms with van der Waals surface area (Å²) >= 11 is 0. The van der Waals surface area contributed by atoms with Gasteiger partial charge in [0, 0.05) is 18.4 Å². The van der Waals surface area contributed by atoms with E-state index in [2.05, 4.69) is 20.6 Å². The van der Waals surface area contributed by atoms with Crippen molar-refractivity contribution in [2.75, 3.05) is 11.9 Å². The Labute approximate surface area is 124 Å². The topological polar surface area (TPSA) is 80.0 Å². The third kappa shape index (κ3) is 3.59. The van der Waals surface area contributed by atoms with Crippen LogP contribution in [0.4, 0.5) is 5.69 Å². The first-order valence-electron chi connectivity index (χ1n) is 6.93. The predicted octanol–water partition coefficient (Wildman–Crippen LogP) is 2.36. The summed E-state index contributed by atoms with van der Waals surface area (Å²) in [6.45, 7) is 8.59. The lowest BCUT2D eigenvalue weighted by atomic mass is 10.2. The first-order chi connectivity index (χ1) is 10.0. The maximum absolute atomic E-state index is 12.3. The van der Waals surface area contributed by atoms with Gasteiger partial charge in [0.15, 0.2) is 0 Å². The average molecular weight is 288 g/mol. The minimum absolute atomic E-state index is 0.202. The van der Waals surface area contributed by atoms with Gasteiger partial charge in [0.25, 0.3) is 5.91 Å². The van der Waals surface area contributed by atoms with Crippen LogP contribution in [0.25, 0.3) is 0 Å². The molecule has 1 amide bonds. The van der Waals surface area contributed by atoms with Gasteiger partial charge < -0.3 is 15.1 Å². The molecule has 0 aromatic carbocycles. The predicted molar refractivity (Wildman–Crippen MR) is 80.3 cm³/mol. The van der Waals surface area contributed by atoms with Crippen LogP contribution in [0.1, 0.15) is 40.3 Å². The summed E-state index contributed by atoms with van der Waals surface area (Å²) < 4.78 is 5.44. The fourth-order valence-corrected chi connectivity index (χ4v) is 1.94. The molecule has 2 aromatic heterocycles. The molecule has 0 aliphatic heterocycles. The van der Waals surface area contributed by atoms with E-state index in [4.69, 9.17) is 4.42 Å². The Kier molecular flexibility index (Phi) is 4.57. The largest absolute Gasteiger partial charge is 0.444 e. The quantitative estimate of drug-likeness (QED) is 0.882. The molecule has 0 saturated carbocycles. The number of aromatic nitrogens is 2. The van der Waals surface area contributed by atoms with Gasteiger partial charge in [-0.05, 0) is 33.8 Å². The zero-order valence-corrected chi connectivity index (χ0v) is 12.8. The van der Waals surface area contributed by atoms with Gasteiger partial charge in [-0.1, -0.05) is 0 Å². The maximum Gasteiger partial charge on any atom is 0.255 e. The molecule has 0 aliphatic rings. The lowest BCUT2D eigenvalue weighted by Crippen LogP contribution is -2.24. The number of nitrogens with zero attached hydrogens (tertiary/aromatic N) is 2. The Balaban J connectivity index is 2.09. The highest BCUT2D eigenvalue weighted by Crippen LogP contribution is 2.16. The van der Waals surface area contributed by atoms with Crippen molar-refractivity contribution in [3.05, 3.63) is 40.9 Å². The van der Waals surface area contributed by atoms with Crippen molar-refractivity contribution >= 4 is 11.6 Å². The SMILES string of the molecule is CCNc1cc(C)ncc1C(=O)NCc1nc(C)c(C)o1. The number of carbonyl (C=O) groups is 1. The van der Waals surface area contributed by atoms with Crippen molar-refractivity contribution in [1.82, 2.24) is 15.3 Å². The second-order valence-corrected chi connectivity index (χ2v) is 4.83. The molecule has 6 nitrogen and oxygen atoms in total. The molecule has 2 N–H and O–H groups in total. The number of oxazole rings is 1. The number of carbonyl (C=O) groups excluding carboxylic acids is 1. The van der Waals surface area contributed by atoms with Gasteiger partial charge in [-0.15, -0.1) is 0 Å². The molecule has 2 rings (SSSR count). The second kappa shape index (κ2) is 6.39. The van der Waals surface area contributed by atoms with E-state index < -0.39 is 0 Å². The monoisotopic (exact) mass is 288 g/mol. The average Bonchev–Trinajstić information content (AvgIpc) is 2.76. The van der Waals surface area contributed by atoms with E-state index in [1.54, 1.807) is 6.20 Å². The molecule has 0 fully saturated rings. The summed E-state index contributed by atoms with van der Waals surface area (Å²) in [5.74, 6) is 1.07. The summed E-state index contributed by atoms with van der Waals surface area (Å²) in [5, 5.41) is 5.97. The van der Waals surface area contributed by atoms with Crippen molar-refractivity contribution in [3.8, 4) is 0 Å². The highest BCUT2D eigenvalue weighted by atomic mass is 16.4. The molecule has 0 saturated heterocycles. The van der Waals surface area contributed by atoms with E-state index >= 15 is 0 Å². The van der Waals surface area contributed by atoms with Gasteiger partial charge in [-0.25, -0.2) is 4.98 Å². The van der Waals surface area contributed by atoms with Crippen molar-refractivity contribution in [2.45, 2.75) is 34.2 Å². The Morgan fingerprint density at radius 2 is 2.10 bits per heavy atom. The van der Waals surface area contributed by atoms with Crippen molar-refractivity contribution in [1.29, 1.82) is 0 Å². The van der Waals surface area contributed by atoms with Gasteiger partial charge in [-0.3, -0.25) is 9.78 Å². The molecular weight excluding hydrogens is 268 g/mol. The van der Waals surface area contributed by atoms with Crippen LogP contribution in [-0.2, 0) is 6.54 Å². The van der Waals surface area contributed by atoms with E-state index in [0.29, 0.717) is 11.5 Å². The lowest BCUT2D eigenvalue weighted by molar-refractivity contribution is 0.0947. The maximum atomic E-state index is 12.3. The summed E-state index contributed by atoms with van der Waals surface area (Å²) in [6.07, 6.45) is 1.58. The normalized spacial score (nSPS) is 10.5. The van der Waals surface area contributed by atoms with Gasteiger partial charge in [0.2, 0.25) is 5.89 Å². The van der Waals surface area contributed by atoms with E-state index in [1.807, 2.05) is 33.8 Å². The van der Waals surface area contributed by atoms with E-state index in [1.165, 1.54) is 0 Å². The number of hydrogen-bond acceptors (Lipinski definition) is 5. The van der Waals surface area contributed by atoms with E-state index in [0.717, 1.165) is 29.4 Å². The molecule has 2 aromatic rings. The van der Waals surface area contributed by atoms with Crippen LogP contribution in [0, 0.1) is 20.8 Å². The molecule has 0 atom stereocenters. The number of hydrogen-bond donors (Lipinski definition) is 2.